The van der Waals surface area contributed by atoms with Crippen LogP contribution in [0.5, 0.6) is 0 Å². The number of aryl methyl sites for hydroxylation is 1. The first-order chi connectivity index (χ1) is 17.9. The number of anilines is 4. The molecule has 3 heterocycles. The zero-order chi connectivity index (χ0) is 27.4. The van der Waals surface area contributed by atoms with Gasteiger partial charge in [-0.2, -0.15) is 15.2 Å². The fourth-order valence-corrected chi connectivity index (χ4v) is 5.01. The summed E-state index contributed by atoms with van der Waals surface area (Å²) in [5.74, 6) is -0.770. The predicted molar refractivity (Wildman–Crippen MR) is 140 cm³/mol. The first-order valence-electron chi connectivity index (χ1n) is 12.1. The molecule has 0 radical (unpaired) electrons. The van der Waals surface area contributed by atoms with Gasteiger partial charge < -0.3 is 10.2 Å². The third-order valence-electron chi connectivity index (χ3n) is 6.43. The summed E-state index contributed by atoms with van der Waals surface area (Å²) in [5.41, 5.74) is 3.49. The summed E-state index contributed by atoms with van der Waals surface area (Å²) in [4.78, 5) is 10.2. The van der Waals surface area contributed by atoms with E-state index in [1.54, 1.807) is 6.20 Å². The molecular formula is C25H28F2N8O2S. The summed E-state index contributed by atoms with van der Waals surface area (Å²) < 4.78 is 54.0. The Balaban J connectivity index is 1.71. The molecule has 10 nitrogen and oxygen atoms in total. The molecule has 0 atom stereocenters. The average Bonchev–Trinajstić information content (AvgIpc) is 3.39. The summed E-state index contributed by atoms with van der Waals surface area (Å²) in [6.45, 7) is 5.93. The van der Waals surface area contributed by atoms with E-state index in [2.05, 4.69) is 30.7 Å². The van der Waals surface area contributed by atoms with Crippen molar-refractivity contribution in [1.29, 1.82) is 0 Å². The van der Waals surface area contributed by atoms with Crippen LogP contribution < -0.4 is 10.2 Å². The number of hydrogen-bond donors (Lipinski definition) is 3. The topological polar surface area (TPSA) is 133 Å². The molecule has 200 valence electrons. The number of sulfone groups is 1. The van der Waals surface area contributed by atoms with Gasteiger partial charge in [0.05, 0.1) is 16.8 Å². The second kappa shape index (κ2) is 9.46. The van der Waals surface area contributed by atoms with Gasteiger partial charge in [0, 0.05) is 41.9 Å². The van der Waals surface area contributed by atoms with Gasteiger partial charge in [-0.1, -0.05) is 13.8 Å². The summed E-state index contributed by atoms with van der Waals surface area (Å²) in [6.07, 6.45) is 4.48. The highest BCUT2D eigenvalue weighted by Crippen LogP contribution is 2.49. The monoisotopic (exact) mass is 542 g/mol. The average molecular weight is 543 g/mol. The van der Waals surface area contributed by atoms with Gasteiger partial charge in [0.1, 0.15) is 11.5 Å². The summed E-state index contributed by atoms with van der Waals surface area (Å²) >= 11 is 0. The minimum Gasteiger partial charge on any atom is -0.323 e. The van der Waals surface area contributed by atoms with Crippen LogP contribution in [-0.2, 0) is 9.84 Å². The van der Waals surface area contributed by atoms with Crippen molar-refractivity contribution in [3.05, 3.63) is 53.0 Å². The van der Waals surface area contributed by atoms with E-state index in [-0.39, 0.29) is 17.8 Å². The van der Waals surface area contributed by atoms with Crippen LogP contribution in [-0.4, -0.2) is 52.1 Å². The van der Waals surface area contributed by atoms with Crippen LogP contribution >= 0.6 is 0 Å². The quantitative estimate of drug-likeness (QED) is 0.280. The van der Waals surface area contributed by atoms with Crippen molar-refractivity contribution in [1.82, 2.24) is 30.4 Å². The Morgan fingerprint density at radius 1 is 1.11 bits per heavy atom. The van der Waals surface area contributed by atoms with Crippen LogP contribution in [0.15, 0.2) is 29.3 Å². The molecule has 0 spiro atoms. The van der Waals surface area contributed by atoms with E-state index < -0.39 is 32.1 Å². The number of benzene rings is 1. The van der Waals surface area contributed by atoms with E-state index >= 15 is 8.78 Å². The van der Waals surface area contributed by atoms with Crippen molar-refractivity contribution in [2.75, 3.05) is 23.5 Å². The lowest BCUT2D eigenvalue weighted by Gasteiger charge is -2.23. The maximum Gasteiger partial charge on any atom is 0.232 e. The zero-order valence-corrected chi connectivity index (χ0v) is 22.4. The largest absolute Gasteiger partial charge is 0.323 e. The Hall–Kier alpha value is -3.87. The first kappa shape index (κ1) is 25.8. The van der Waals surface area contributed by atoms with E-state index in [0.29, 0.717) is 17.3 Å². The van der Waals surface area contributed by atoms with Gasteiger partial charge in [0.2, 0.25) is 5.95 Å². The molecule has 1 aliphatic rings. The van der Waals surface area contributed by atoms with Crippen molar-refractivity contribution in [2.45, 2.75) is 50.3 Å². The van der Waals surface area contributed by atoms with Crippen molar-refractivity contribution < 1.29 is 17.2 Å². The highest BCUT2D eigenvalue weighted by molar-refractivity contribution is 7.90. The van der Waals surface area contributed by atoms with E-state index in [1.807, 2.05) is 26.8 Å². The van der Waals surface area contributed by atoms with Crippen molar-refractivity contribution in [3.8, 4) is 11.3 Å². The van der Waals surface area contributed by atoms with Crippen molar-refractivity contribution >= 4 is 33.1 Å². The Bertz CT molecular complexity index is 1600. The van der Waals surface area contributed by atoms with Crippen molar-refractivity contribution in [3.63, 3.8) is 0 Å². The molecule has 3 aromatic heterocycles. The molecule has 4 aromatic rings. The molecule has 13 heteroatoms. The van der Waals surface area contributed by atoms with Crippen LogP contribution in [0.1, 0.15) is 55.5 Å². The maximum atomic E-state index is 15.1. The molecule has 0 amide bonds. The molecule has 1 saturated carbocycles. The fourth-order valence-electron chi connectivity index (χ4n) is 4.37. The van der Waals surface area contributed by atoms with Gasteiger partial charge in [-0.25, -0.2) is 22.2 Å². The molecule has 38 heavy (non-hydrogen) atoms. The number of halogens is 2. The number of nitrogens with one attached hydrogen (secondary N) is 3. The van der Waals surface area contributed by atoms with Crippen molar-refractivity contribution in [2.24, 2.45) is 0 Å². The molecule has 0 bridgehead atoms. The van der Waals surface area contributed by atoms with E-state index in [9.17, 15) is 8.42 Å². The molecular weight excluding hydrogens is 514 g/mol. The smallest absolute Gasteiger partial charge is 0.232 e. The number of hydrogen-bond acceptors (Lipinski definition) is 8. The van der Waals surface area contributed by atoms with Gasteiger partial charge in [0.25, 0.3) is 0 Å². The van der Waals surface area contributed by atoms with E-state index in [4.69, 9.17) is 4.98 Å². The van der Waals surface area contributed by atoms with Crippen LogP contribution in [0.2, 0.25) is 0 Å². The normalized spacial score (nSPS) is 13.8. The highest BCUT2D eigenvalue weighted by atomic mass is 32.2. The summed E-state index contributed by atoms with van der Waals surface area (Å²) in [6, 6.07) is 3.41. The van der Waals surface area contributed by atoms with Crippen LogP contribution in [0.3, 0.4) is 0 Å². The second-order valence-electron chi connectivity index (χ2n) is 9.89. The van der Waals surface area contributed by atoms with Crippen LogP contribution in [0.4, 0.5) is 32.1 Å². The first-order valence-corrected chi connectivity index (χ1v) is 14.0. The van der Waals surface area contributed by atoms with Gasteiger partial charge in [-0.15, -0.1) is 0 Å². The molecule has 0 aliphatic heterocycles. The fraction of sp³-hybridized carbons (Fsp3) is 0.360. The third-order valence-corrected chi connectivity index (χ3v) is 7.52. The summed E-state index contributed by atoms with van der Waals surface area (Å²) in [5, 5.41) is 17.7. The predicted octanol–water partition coefficient (Wildman–Crippen LogP) is 5.09. The molecule has 1 fully saturated rings. The van der Waals surface area contributed by atoms with E-state index in [0.717, 1.165) is 53.7 Å². The summed E-state index contributed by atoms with van der Waals surface area (Å²) in [7, 11) is -2.38. The molecule has 0 saturated heterocycles. The van der Waals surface area contributed by atoms with Gasteiger partial charge in [0.15, 0.2) is 27.3 Å². The van der Waals surface area contributed by atoms with Crippen LogP contribution in [0, 0.1) is 18.6 Å². The van der Waals surface area contributed by atoms with E-state index in [1.165, 1.54) is 11.9 Å². The Kier molecular flexibility index (Phi) is 6.41. The molecule has 3 N–H and O–H groups in total. The lowest BCUT2D eigenvalue weighted by Crippen LogP contribution is -2.19. The Morgan fingerprint density at radius 3 is 2.34 bits per heavy atom. The number of aromatic nitrogens is 6. The third kappa shape index (κ3) is 4.85. The Morgan fingerprint density at radius 2 is 1.79 bits per heavy atom. The van der Waals surface area contributed by atoms with Gasteiger partial charge in [-0.3, -0.25) is 10.2 Å². The maximum absolute atomic E-state index is 15.1. The lowest BCUT2D eigenvalue weighted by atomic mass is 9.98. The number of H-pyrrole nitrogens is 2. The SMILES string of the molecule is Cc1cc(Nc2nc(N(C)c3c(F)cc(S(C)(=O)=O)cc3F)nc(-c3cn[nH]c3C(C)C)c2C2CC2)n[nH]1. The minimum atomic E-state index is -3.81. The number of rotatable bonds is 8. The highest BCUT2D eigenvalue weighted by Gasteiger charge is 2.34. The molecule has 0 unspecified atom stereocenters. The second-order valence-corrected chi connectivity index (χ2v) is 11.9. The van der Waals surface area contributed by atoms with Crippen LogP contribution in [0.25, 0.3) is 11.3 Å². The molecule has 1 aliphatic carbocycles. The van der Waals surface area contributed by atoms with Gasteiger partial charge >= 0.3 is 0 Å². The number of nitrogens with zero attached hydrogens (tertiary/aromatic N) is 5. The molecule has 1 aromatic carbocycles. The number of aromatic amines is 2. The Labute approximate surface area is 218 Å². The zero-order valence-electron chi connectivity index (χ0n) is 21.6. The van der Waals surface area contributed by atoms with Gasteiger partial charge in [-0.05, 0) is 43.7 Å². The molecule has 5 rings (SSSR count). The minimum absolute atomic E-state index is 0.0139. The lowest BCUT2D eigenvalue weighted by molar-refractivity contribution is 0.569. The standard InChI is InChI=1S/C25H28F2N8O2S/c1-12(2)21-16(11-28-34-21)22-20(14-6-7-14)24(29-19-8-13(3)32-33-19)31-25(30-22)35(4)23-17(26)9-15(10-18(23)27)38(5,36)37/h8-12,14H,6-7H2,1-5H3,(H,28,34)(H2,29,30,31,32,33).